The van der Waals surface area contributed by atoms with Crippen LogP contribution in [0.2, 0.25) is 0 Å². The number of benzene rings is 1. The zero-order valence-electron chi connectivity index (χ0n) is 10.9. The summed E-state index contributed by atoms with van der Waals surface area (Å²) in [6.45, 7) is 0.280. The van der Waals surface area contributed by atoms with Crippen molar-refractivity contribution in [1.29, 1.82) is 0 Å². The zero-order valence-corrected chi connectivity index (χ0v) is 12.5. The second-order valence-electron chi connectivity index (χ2n) is 4.33. The molecule has 0 radical (unpaired) electrons. The van der Waals surface area contributed by atoms with Gasteiger partial charge >= 0.3 is 0 Å². The van der Waals surface area contributed by atoms with Gasteiger partial charge in [-0.25, -0.2) is 9.37 Å². The second-order valence-corrected chi connectivity index (χ2v) is 6.13. The SMILES string of the molecule is O=C(NCc1cccc(F)c1)c1csc(-c2cccs2)n1. The first-order chi connectivity index (χ1) is 10.2. The minimum Gasteiger partial charge on any atom is -0.347 e. The molecule has 1 amide bonds. The molecule has 0 saturated carbocycles. The van der Waals surface area contributed by atoms with Gasteiger partial charge in [0.25, 0.3) is 5.91 Å². The molecule has 1 aromatic carbocycles. The molecule has 1 N–H and O–H groups in total. The van der Waals surface area contributed by atoms with Crippen LogP contribution in [0.15, 0.2) is 47.2 Å². The van der Waals surface area contributed by atoms with Crippen LogP contribution in [0.4, 0.5) is 4.39 Å². The standard InChI is InChI=1S/C15H11FN2OS2/c16-11-4-1-3-10(7-11)8-17-14(19)12-9-21-15(18-12)13-5-2-6-20-13/h1-7,9H,8H2,(H,17,19). The van der Waals surface area contributed by atoms with E-state index in [2.05, 4.69) is 10.3 Å². The molecule has 0 saturated heterocycles. The van der Waals surface area contributed by atoms with E-state index in [4.69, 9.17) is 0 Å². The predicted octanol–water partition coefficient (Wildman–Crippen LogP) is 3.94. The van der Waals surface area contributed by atoms with E-state index in [1.54, 1.807) is 28.8 Å². The molecule has 3 rings (SSSR count). The highest BCUT2D eigenvalue weighted by Crippen LogP contribution is 2.27. The Kier molecular flexibility index (Phi) is 4.08. The molecule has 0 atom stereocenters. The molecule has 0 bridgehead atoms. The smallest absolute Gasteiger partial charge is 0.271 e. The van der Waals surface area contributed by atoms with Gasteiger partial charge in [-0.2, -0.15) is 0 Å². The summed E-state index contributed by atoms with van der Waals surface area (Å²) < 4.78 is 13.1. The molecule has 6 heteroatoms. The predicted molar refractivity (Wildman–Crippen MR) is 83.0 cm³/mol. The molecular formula is C15H11FN2OS2. The average Bonchev–Trinajstić information content (AvgIpc) is 3.15. The Bertz CT molecular complexity index is 753. The van der Waals surface area contributed by atoms with E-state index in [1.165, 1.54) is 23.5 Å². The van der Waals surface area contributed by atoms with Crippen molar-refractivity contribution < 1.29 is 9.18 Å². The number of carbonyl (C=O) groups is 1. The van der Waals surface area contributed by atoms with Crippen LogP contribution in [0.3, 0.4) is 0 Å². The Hall–Kier alpha value is -2.05. The van der Waals surface area contributed by atoms with Crippen molar-refractivity contribution in [2.45, 2.75) is 6.54 Å². The summed E-state index contributed by atoms with van der Waals surface area (Å²) in [7, 11) is 0. The third kappa shape index (κ3) is 3.34. The summed E-state index contributed by atoms with van der Waals surface area (Å²) in [6, 6.07) is 10.1. The fraction of sp³-hybridized carbons (Fsp3) is 0.0667. The molecule has 3 aromatic rings. The average molecular weight is 318 g/mol. The van der Waals surface area contributed by atoms with Gasteiger partial charge in [-0.1, -0.05) is 18.2 Å². The van der Waals surface area contributed by atoms with Crippen molar-refractivity contribution >= 4 is 28.6 Å². The monoisotopic (exact) mass is 318 g/mol. The van der Waals surface area contributed by atoms with Gasteiger partial charge in [-0.3, -0.25) is 4.79 Å². The van der Waals surface area contributed by atoms with E-state index in [0.29, 0.717) is 5.69 Å². The molecule has 0 aliphatic rings. The number of nitrogens with one attached hydrogen (secondary N) is 1. The van der Waals surface area contributed by atoms with Gasteiger partial charge in [0.15, 0.2) is 0 Å². The number of hydrogen-bond donors (Lipinski definition) is 1. The van der Waals surface area contributed by atoms with Gasteiger partial charge in [0.05, 0.1) is 4.88 Å². The number of nitrogens with zero attached hydrogens (tertiary/aromatic N) is 1. The van der Waals surface area contributed by atoms with Crippen LogP contribution in [0.1, 0.15) is 16.1 Å². The summed E-state index contributed by atoms with van der Waals surface area (Å²) in [6.07, 6.45) is 0. The maximum Gasteiger partial charge on any atom is 0.271 e. The number of carbonyl (C=O) groups excluding carboxylic acids is 1. The summed E-state index contributed by atoms with van der Waals surface area (Å²) in [5.41, 5.74) is 1.11. The number of thiophene rings is 1. The topological polar surface area (TPSA) is 42.0 Å². The molecule has 21 heavy (non-hydrogen) atoms. The van der Waals surface area contributed by atoms with E-state index < -0.39 is 0 Å². The van der Waals surface area contributed by atoms with Crippen LogP contribution in [0, 0.1) is 5.82 Å². The number of hydrogen-bond acceptors (Lipinski definition) is 4. The van der Waals surface area contributed by atoms with Gasteiger partial charge in [-0.15, -0.1) is 22.7 Å². The maximum absolute atomic E-state index is 13.1. The summed E-state index contributed by atoms with van der Waals surface area (Å²) in [5, 5.41) is 7.28. The summed E-state index contributed by atoms with van der Waals surface area (Å²) >= 11 is 3.03. The molecule has 106 valence electrons. The molecule has 0 aliphatic heterocycles. The van der Waals surface area contributed by atoms with Gasteiger partial charge in [0, 0.05) is 11.9 Å². The van der Waals surface area contributed by atoms with Crippen molar-refractivity contribution in [3.05, 3.63) is 64.2 Å². The first kappa shape index (κ1) is 13.9. The highest BCUT2D eigenvalue weighted by molar-refractivity contribution is 7.20. The number of amides is 1. The molecule has 0 unspecified atom stereocenters. The molecule has 2 aromatic heterocycles. The molecule has 0 spiro atoms. The fourth-order valence-corrected chi connectivity index (χ4v) is 3.43. The quantitative estimate of drug-likeness (QED) is 0.791. The minimum absolute atomic E-state index is 0.252. The van der Waals surface area contributed by atoms with Crippen molar-refractivity contribution in [3.8, 4) is 9.88 Å². The molecule has 3 nitrogen and oxygen atoms in total. The molecule has 0 fully saturated rings. The molecule has 0 aliphatic carbocycles. The fourth-order valence-electron chi connectivity index (χ4n) is 1.81. The van der Waals surface area contributed by atoms with Gasteiger partial charge < -0.3 is 5.32 Å². The lowest BCUT2D eigenvalue weighted by atomic mass is 10.2. The van der Waals surface area contributed by atoms with Gasteiger partial charge in [0.2, 0.25) is 0 Å². The van der Waals surface area contributed by atoms with Crippen molar-refractivity contribution in [2.75, 3.05) is 0 Å². The third-order valence-electron chi connectivity index (χ3n) is 2.81. The van der Waals surface area contributed by atoms with Crippen molar-refractivity contribution in [2.24, 2.45) is 0 Å². The second kappa shape index (κ2) is 6.15. The number of halogens is 1. The van der Waals surface area contributed by atoms with E-state index in [1.807, 2.05) is 17.5 Å². The number of aromatic nitrogens is 1. The van der Waals surface area contributed by atoms with E-state index in [9.17, 15) is 9.18 Å². The van der Waals surface area contributed by atoms with Crippen molar-refractivity contribution in [1.82, 2.24) is 10.3 Å². The summed E-state index contributed by atoms with van der Waals surface area (Å²) in [5.74, 6) is -0.561. The first-order valence-corrected chi connectivity index (χ1v) is 8.00. The lowest BCUT2D eigenvalue weighted by molar-refractivity contribution is 0.0946. The minimum atomic E-state index is -0.310. The highest BCUT2D eigenvalue weighted by atomic mass is 32.1. The van der Waals surface area contributed by atoms with Crippen LogP contribution in [0.5, 0.6) is 0 Å². The maximum atomic E-state index is 13.1. The Morgan fingerprint density at radius 3 is 2.90 bits per heavy atom. The van der Waals surface area contributed by atoms with E-state index in [0.717, 1.165) is 15.4 Å². The lowest BCUT2D eigenvalue weighted by Gasteiger charge is -2.03. The zero-order chi connectivity index (χ0) is 14.7. The largest absolute Gasteiger partial charge is 0.347 e. The Morgan fingerprint density at radius 1 is 1.24 bits per heavy atom. The van der Waals surface area contributed by atoms with E-state index in [-0.39, 0.29) is 18.3 Å². The van der Waals surface area contributed by atoms with Crippen molar-refractivity contribution in [3.63, 3.8) is 0 Å². The van der Waals surface area contributed by atoms with E-state index >= 15 is 0 Å². The third-order valence-corrected chi connectivity index (χ3v) is 4.69. The molecular weight excluding hydrogens is 307 g/mol. The van der Waals surface area contributed by atoms with Crippen LogP contribution in [0.25, 0.3) is 9.88 Å². The number of thiazole rings is 1. The number of rotatable bonds is 4. The van der Waals surface area contributed by atoms with Crippen LogP contribution >= 0.6 is 22.7 Å². The Labute approximate surface area is 129 Å². The van der Waals surface area contributed by atoms with Gasteiger partial charge in [-0.05, 0) is 29.1 Å². The normalized spacial score (nSPS) is 10.5. The summed E-state index contributed by atoms with van der Waals surface area (Å²) in [4.78, 5) is 17.4. The van der Waals surface area contributed by atoms with Crippen LogP contribution in [-0.4, -0.2) is 10.9 Å². The van der Waals surface area contributed by atoms with Crippen LogP contribution in [-0.2, 0) is 6.54 Å². The highest BCUT2D eigenvalue weighted by Gasteiger charge is 2.12. The van der Waals surface area contributed by atoms with Crippen LogP contribution < -0.4 is 5.32 Å². The first-order valence-electron chi connectivity index (χ1n) is 6.24. The van der Waals surface area contributed by atoms with Gasteiger partial charge in [0.1, 0.15) is 16.5 Å². The lowest BCUT2D eigenvalue weighted by Crippen LogP contribution is -2.23. The molecule has 2 heterocycles. The Morgan fingerprint density at radius 2 is 2.14 bits per heavy atom. The Balaban J connectivity index is 1.66.